The zero-order valence-electron chi connectivity index (χ0n) is 70.1. The molecule has 0 spiro atoms. The molecule has 0 aromatic heterocycles. The lowest BCUT2D eigenvalue weighted by atomic mass is 9.91. The molecule has 0 fully saturated rings. The molecule has 0 aliphatic carbocycles. The largest absolute Gasteiger partial charge is 0.491 e. The Morgan fingerprint density at radius 1 is 0.156 bits per heavy atom. The van der Waals surface area contributed by atoms with Crippen LogP contribution in [0.4, 0.5) is 0 Å². The summed E-state index contributed by atoms with van der Waals surface area (Å²) in [6, 6.07) is 83.3. The number of hydrogen-bond acceptors (Lipinski definition) is 18. The van der Waals surface area contributed by atoms with Crippen LogP contribution in [0.15, 0.2) is 243 Å². The molecule has 0 amide bonds. The summed E-state index contributed by atoms with van der Waals surface area (Å²) >= 11 is 0. The zero-order valence-corrected chi connectivity index (χ0v) is 70.1. The van der Waals surface area contributed by atoms with Crippen molar-refractivity contribution in [2.75, 3.05) is 226 Å². The Bertz CT molecular complexity index is 4680. The van der Waals surface area contributed by atoms with E-state index in [1.807, 2.05) is 24.3 Å². The molecular formula is C104H110O18. The molecule has 122 heavy (non-hydrogen) atoms. The fraction of sp³-hybridized carbons (Fsp3) is 0.327. The van der Waals surface area contributed by atoms with Crippen LogP contribution < -0.4 is 9.47 Å². The fourth-order valence-electron chi connectivity index (χ4n) is 12.5. The Morgan fingerprint density at radius 3 is 0.475 bits per heavy atom. The molecule has 0 atom stereocenters. The van der Waals surface area contributed by atoms with Crippen molar-refractivity contribution < 1.29 is 85.3 Å². The smallest absolute Gasteiger partial charge is 0.119 e. The van der Waals surface area contributed by atoms with Crippen LogP contribution in [0.3, 0.4) is 0 Å². The van der Waals surface area contributed by atoms with Crippen molar-refractivity contribution in [2.24, 2.45) is 0 Å². The summed E-state index contributed by atoms with van der Waals surface area (Å²) in [5.74, 6) is 29.1. The van der Waals surface area contributed by atoms with Gasteiger partial charge in [0.2, 0.25) is 0 Å². The van der Waals surface area contributed by atoms with Crippen molar-refractivity contribution >= 4 is 21.5 Å². The van der Waals surface area contributed by atoms with Gasteiger partial charge in [-0.25, -0.2) is 0 Å². The molecule has 18 heteroatoms. The third-order valence-corrected chi connectivity index (χ3v) is 19.0. The van der Waals surface area contributed by atoms with Gasteiger partial charge in [-0.2, -0.15) is 0 Å². The first-order valence-electron chi connectivity index (χ1n) is 41.7. The summed E-state index contributed by atoms with van der Waals surface area (Å²) in [5.41, 5.74) is 16.4. The highest BCUT2D eigenvalue weighted by atomic mass is 16.6. The lowest BCUT2D eigenvalue weighted by Gasteiger charge is -2.10. The van der Waals surface area contributed by atoms with Crippen molar-refractivity contribution in [2.45, 2.75) is 0 Å². The van der Waals surface area contributed by atoms with Gasteiger partial charge in [-0.3, -0.25) is 0 Å². The second-order valence-corrected chi connectivity index (χ2v) is 27.6. The molecule has 0 bridgehead atoms. The molecule has 18 nitrogen and oxygen atoms in total. The topological polar surface area (TPSA) is 166 Å². The monoisotopic (exact) mass is 1650 g/mol. The maximum Gasteiger partial charge on any atom is 0.119 e. The molecule has 11 aromatic carbocycles. The molecule has 0 radical (unpaired) electrons. The van der Waals surface area contributed by atoms with E-state index >= 15 is 0 Å². The van der Waals surface area contributed by atoms with E-state index in [4.69, 9.17) is 85.3 Å². The van der Waals surface area contributed by atoms with Gasteiger partial charge in [-0.15, -0.1) is 0 Å². The van der Waals surface area contributed by atoms with Crippen LogP contribution in [0.1, 0.15) is 44.5 Å². The van der Waals surface area contributed by atoms with Crippen LogP contribution in [0.2, 0.25) is 0 Å². The average molecular weight is 1650 g/mol. The van der Waals surface area contributed by atoms with E-state index in [-0.39, 0.29) is 0 Å². The van der Waals surface area contributed by atoms with Crippen molar-refractivity contribution in [1.82, 2.24) is 0 Å². The van der Waals surface area contributed by atoms with Crippen molar-refractivity contribution in [1.29, 1.82) is 0 Å². The van der Waals surface area contributed by atoms with E-state index in [0.29, 0.717) is 211 Å². The van der Waals surface area contributed by atoms with E-state index in [9.17, 15) is 0 Å². The van der Waals surface area contributed by atoms with Gasteiger partial charge < -0.3 is 85.3 Å². The Labute approximate surface area is 719 Å². The third kappa shape index (κ3) is 33.5. The van der Waals surface area contributed by atoms with Crippen molar-refractivity contribution in [3.05, 3.63) is 287 Å². The highest BCUT2D eigenvalue weighted by Gasteiger charge is 2.13. The summed E-state index contributed by atoms with van der Waals surface area (Å²) in [6.07, 6.45) is 0. The molecule has 11 rings (SSSR count). The second kappa shape index (κ2) is 55.9. The number of fused-ring (bicyclic) bond motifs is 2. The minimum Gasteiger partial charge on any atom is -0.491 e. The van der Waals surface area contributed by atoms with E-state index in [0.717, 1.165) is 122 Å². The van der Waals surface area contributed by atoms with Gasteiger partial charge in [0.15, 0.2) is 0 Å². The standard InChI is InChI=1S/C104H110O18/c1-105-51-53-107-55-57-109-59-61-111-63-65-113-67-69-115-71-73-117-75-77-119-79-81-121-97-45-41-95(42-46-97)93-33-19-85(20-34-93)13-11-83-15-29-89(30-16-83)91-37-23-87(24-38-91)27-49-103-99-7-3-5-9-101(99)104(102-10-6-4-8-100(102)103)50-28-88-25-39-92(40-26-88)90-31-17-84(18-32-90)12-14-86-21-35-94(36-22-86)96-43-47-98(48-44-96)122-82-80-120-78-76-118-74-72-116-70-68-114-66-64-112-62-60-110-58-56-108-54-52-106-2/h3-10,15-26,29-48H,51-82H2,1-2H3. The Morgan fingerprint density at radius 2 is 0.303 bits per heavy atom. The van der Waals surface area contributed by atoms with Crippen LogP contribution in [-0.2, 0) is 75.8 Å². The van der Waals surface area contributed by atoms with Gasteiger partial charge in [-0.05, 0) is 163 Å². The van der Waals surface area contributed by atoms with Gasteiger partial charge in [0.1, 0.15) is 24.7 Å². The van der Waals surface area contributed by atoms with Crippen molar-refractivity contribution in [3.8, 4) is 103 Å². The molecule has 0 N–H and O–H groups in total. The Balaban J connectivity index is 0.553. The quantitative estimate of drug-likeness (QED) is 0.0200. The minimum absolute atomic E-state index is 0.439. The average Bonchev–Trinajstić information content (AvgIpc) is 0.753. The molecule has 0 aliphatic rings. The minimum atomic E-state index is 0.439. The zero-order chi connectivity index (χ0) is 84.0. The summed E-state index contributed by atoms with van der Waals surface area (Å²) < 4.78 is 99.1. The van der Waals surface area contributed by atoms with E-state index in [1.54, 1.807) is 14.2 Å². The lowest BCUT2D eigenvalue weighted by molar-refractivity contribution is -0.0227. The summed E-state index contributed by atoms with van der Waals surface area (Å²) in [6.45, 7) is 16.2. The summed E-state index contributed by atoms with van der Waals surface area (Å²) in [7, 11) is 3.30. The maximum absolute atomic E-state index is 5.92. The highest BCUT2D eigenvalue weighted by molar-refractivity contribution is 6.10. The van der Waals surface area contributed by atoms with Gasteiger partial charge in [-0.1, -0.05) is 193 Å². The second-order valence-electron chi connectivity index (χ2n) is 27.6. The van der Waals surface area contributed by atoms with Crippen LogP contribution >= 0.6 is 0 Å². The van der Waals surface area contributed by atoms with Gasteiger partial charge in [0.25, 0.3) is 0 Å². The van der Waals surface area contributed by atoms with Crippen LogP contribution in [0, 0.1) is 47.4 Å². The molecule has 0 heterocycles. The van der Waals surface area contributed by atoms with E-state index in [2.05, 4.69) is 266 Å². The Kier molecular flexibility index (Phi) is 42.1. The fourth-order valence-corrected chi connectivity index (χ4v) is 12.5. The van der Waals surface area contributed by atoms with Gasteiger partial charge >= 0.3 is 0 Å². The van der Waals surface area contributed by atoms with Crippen LogP contribution in [-0.4, -0.2) is 226 Å². The first kappa shape index (κ1) is 91.9. The summed E-state index contributed by atoms with van der Waals surface area (Å²) in [5, 5.41) is 4.26. The molecule has 634 valence electrons. The van der Waals surface area contributed by atoms with E-state index < -0.39 is 0 Å². The van der Waals surface area contributed by atoms with Gasteiger partial charge in [0, 0.05) is 58.7 Å². The van der Waals surface area contributed by atoms with Crippen LogP contribution in [0.25, 0.3) is 66.1 Å². The molecule has 0 saturated heterocycles. The predicted octanol–water partition coefficient (Wildman–Crippen LogP) is 16.5. The number of ether oxygens (including phenoxy) is 18. The molecule has 11 aromatic rings. The normalized spacial score (nSPS) is 11.0. The number of benzene rings is 11. The highest BCUT2D eigenvalue weighted by Crippen LogP contribution is 2.33. The van der Waals surface area contributed by atoms with Crippen molar-refractivity contribution in [3.63, 3.8) is 0 Å². The van der Waals surface area contributed by atoms with Crippen LogP contribution in [0.5, 0.6) is 11.5 Å². The third-order valence-electron chi connectivity index (χ3n) is 19.0. The predicted molar refractivity (Wildman–Crippen MR) is 479 cm³/mol. The number of rotatable bonds is 54. The molecule has 0 saturated carbocycles. The van der Waals surface area contributed by atoms with E-state index in [1.165, 1.54) is 0 Å². The number of hydrogen-bond donors (Lipinski definition) is 0. The molecular weight excluding hydrogens is 1540 g/mol. The SMILES string of the molecule is COCCOCCOCCOCCOCCOCCOCCOCCOc1ccc(-c2ccc(C#Cc3ccc(-c4ccc(C#Cc5c6ccccc6c(C#Cc6ccc(-c7ccc(C#Cc8ccc(-c9ccc(OCCOCCOCCOCCOCCOCCOCCOCCOC)cc9)cc8)cc7)cc6)c6ccccc56)cc4)cc3)cc2)cc1. The molecule has 0 aliphatic heterocycles. The maximum atomic E-state index is 5.92. The summed E-state index contributed by atoms with van der Waals surface area (Å²) in [4.78, 5) is 0. The first-order chi connectivity index (χ1) is 60.5. The lowest BCUT2D eigenvalue weighted by Crippen LogP contribution is -2.15. The number of methoxy groups -OCH3 is 2. The molecule has 0 unspecified atom stereocenters. The van der Waals surface area contributed by atoms with Gasteiger partial charge in [0.05, 0.1) is 198 Å². The Hall–Kier alpha value is -10.9. The first-order valence-corrected chi connectivity index (χ1v) is 41.7.